The Morgan fingerprint density at radius 3 is 2.76 bits per heavy atom. The van der Waals surface area contributed by atoms with Crippen molar-refractivity contribution in [1.82, 2.24) is 9.78 Å². The van der Waals surface area contributed by atoms with Crippen LogP contribution in [0.2, 0.25) is 5.02 Å². The molecule has 0 spiro atoms. The third kappa shape index (κ3) is 2.48. The Kier molecular flexibility index (Phi) is 3.35. The van der Waals surface area contributed by atoms with E-state index < -0.39 is 5.82 Å². The van der Waals surface area contributed by atoms with Crippen molar-refractivity contribution in [3.63, 3.8) is 0 Å². The highest BCUT2D eigenvalue weighted by Crippen LogP contribution is 2.25. The number of carbonyl (C=O) groups excluding carboxylic acids is 1. The second-order valence-corrected chi connectivity index (χ2v) is 4.91. The van der Waals surface area contributed by atoms with Gasteiger partial charge in [0.05, 0.1) is 16.3 Å². The molecule has 0 unspecified atom stereocenters. The highest BCUT2D eigenvalue weighted by atomic mass is 35.5. The van der Waals surface area contributed by atoms with Crippen LogP contribution in [0.15, 0.2) is 40.9 Å². The van der Waals surface area contributed by atoms with E-state index in [1.54, 1.807) is 25.1 Å². The lowest BCUT2D eigenvalue weighted by molar-refractivity contribution is 0.112. The highest BCUT2D eigenvalue weighted by molar-refractivity contribution is 6.30. The molecule has 0 saturated carbocycles. The molecule has 0 bridgehead atoms. The Morgan fingerprint density at radius 1 is 1.33 bits per heavy atom. The number of halogens is 2. The molecule has 3 aromatic rings. The first-order chi connectivity index (χ1) is 10.1. The van der Waals surface area contributed by atoms with Gasteiger partial charge in [-0.3, -0.25) is 4.79 Å². The van der Waals surface area contributed by atoms with Gasteiger partial charge >= 0.3 is 0 Å². The van der Waals surface area contributed by atoms with Gasteiger partial charge in [-0.2, -0.15) is 5.10 Å². The second-order valence-electron chi connectivity index (χ2n) is 4.50. The first-order valence-corrected chi connectivity index (χ1v) is 6.53. The van der Waals surface area contributed by atoms with Crippen LogP contribution in [0.5, 0.6) is 0 Å². The van der Waals surface area contributed by atoms with Gasteiger partial charge in [0.15, 0.2) is 12.0 Å². The average molecular weight is 305 g/mol. The van der Waals surface area contributed by atoms with Crippen molar-refractivity contribution in [1.29, 1.82) is 0 Å². The number of benzene rings is 1. The third-order valence-corrected chi connectivity index (χ3v) is 3.32. The number of aldehydes is 1. The van der Waals surface area contributed by atoms with Gasteiger partial charge in [-0.1, -0.05) is 11.6 Å². The van der Waals surface area contributed by atoms with Crippen molar-refractivity contribution in [3.05, 3.63) is 58.7 Å². The summed E-state index contributed by atoms with van der Waals surface area (Å²) >= 11 is 5.65. The van der Waals surface area contributed by atoms with Crippen molar-refractivity contribution in [3.8, 4) is 17.1 Å². The molecule has 6 heteroatoms. The molecule has 0 radical (unpaired) electrons. The Labute approximate surface area is 124 Å². The van der Waals surface area contributed by atoms with Gasteiger partial charge in [-0.15, -0.1) is 0 Å². The highest BCUT2D eigenvalue weighted by Gasteiger charge is 2.15. The number of carbonyl (C=O) groups is 1. The fraction of sp³-hybridized carbons (Fsp3) is 0.0667. The molecule has 106 valence electrons. The molecule has 1 aromatic carbocycles. The quantitative estimate of drug-likeness (QED) is 0.686. The van der Waals surface area contributed by atoms with Gasteiger partial charge in [-0.25, -0.2) is 9.07 Å². The molecule has 0 aliphatic heterocycles. The minimum absolute atomic E-state index is 0.0309. The zero-order valence-corrected chi connectivity index (χ0v) is 11.8. The minimum atomic E-state index is -0.548. The largest absolute Gasteiger partial charge is 0.460 e. The summed E-state index contributed by atoms with van der Waals surface area (Å²) in [5.41, 5.74) is 1.24. The second kappa shape index (κ2) is 5.18. The molecule has 0 saturated heterocycles. The van der Waals surface area contributed by atoms with Crippen LogP contribution in [0.25, 0.3) is 17.1 Å². The molecule has 2 aromatic heterocycles. The molecule has 3 rings (SSSR count). The maximum absolute atomic E-state index is 13.5. The summed E-state index contributed by atoms with van der Waals surface area (Å²) < 4.78 is 20.4. The fourth-order valence-electron chi connectivity index (χ4n) is 1.99. The van der Waals surface area contributed by atoms with Crippen LogP contribution in [0.3, 0.4) is 0 Å². The minimum Gasteiger partial charge on any atom is -0.460 e. The standard InChI is InChI=1S/C15H10ClFN2O2/c1-9-2-5-14(21-9)15-10(8-20)7-19(18-15)11-3-4-12(16)13(17)6-11/h2-8H,1H3. The van der Waals surface area contributed by atoms with Gasteiger partial charge in [0, 0.05) is 12.3 Å². The van der Waals surface area contributed by atoms with Gasteiger partial charge in [0.2, 0.25) is 0 Å². The monoisotopic (exact) mass is 304 g/mol. The van der Waals surface area contributed by atoms with Crippen LogP contribution >= 0.6 is 11.6 Å². The van der Waals surface area contributed by atoms with E-state index in [1.807, 2.05) is 0 Å². The molecule has 0 fully saturated rings. The summed E-state index contributed by atoms with van der Waals surface area (Å²) in [6.45, 7) is 1.80. The van der Waals surface area contributed by atoms with Crippen LogP contribution in [-0.4, -0.2) is 16.1 Å². The molecular formula is C15H10ClFN2O2. The van der Waals surface area contributed by atoms with Crippen molar-refractivity contribution >= 4 is 17.9 Å². The molecule has 2 heterocycles. The van der Waals surface area contributed by atoms with E-state index in [4.69, 9.17) is 16.0 Å². The number of hydrogen-bond acceptors (Lipinski definition) is 3. The molecule has 0 N–H and O–H groups in total. The topological polar surface area (TPSA) is 48.0 Å². The first-order valence-electron chi connectivity index (χ1n) is 6.15. The van der Waals surface area contributed by atoms with Crippen molar-refractivity contribution in [2.75, 3.05) is 0 Å². The fourth-order valence-corrected chi connectivity index (χ4v) is 2.10. The van der Waals surface area contributed by atoms with Crippen LogP contribution in [0.1, 0.15) is 16.1 Å². The number of rotatable bonds is 3. The number of aromatic nitrogens is 2. The summed E-state index contributed by atoms with van der Waals surface area (Å²) in [6.07, 6.45) is 2.20. The molecule has 0 amide bonds. The lowest BCUT2D eigenvalue weighted by Gasteiger charge is -2.01. The van der Waals surface area contributed by atoms with Gasteiger partial charge in [0.25, 0.3) is 0 Å². The zero-order valence-electron chi connectivity index (χ0n) is 11.0. The predicted molar refractivity (Wildman–Crippen MR) is 76.4 cm³/mol. The van der Waals surface area contributed by atoms with E-state index in [0.29, 0.717) is 34.8 Å². The van der Waals surface area contributed by atoms with Gasteiger partial charge in [0.1, 0.15) is 17.3 Å². The third-order valence-electron chi connectivity index (χ3n) is 3.01. The van der Waals surface area contributed by atoms with Crippen molar-refractivity contribution < 1.29 is 13.6 Å². The average Bonchev–Trinajstić information content (AvgIpc) is 3.07. The SMILES string of the molecule is Cc1ccc(-c2nn(-c3ccc(Cl)c(F)c3)cc2C=O)o1. The van der Waals surface area contributed by atoms with Crippen LogP contribution in [0.4, 0.5) is 4.39 Å². The number of hydrogen-bond donors (Lipinski definition) is 0. The van der Waals surface area contributed by atoms with E-state index in [9.17, 15) is 9.18 Å². The Hall–Kier alpha value is -2.40. The summed E-state index contributed by atoms with van der Waals surface area (Å²) in [7, 11) is 0. The van der Waals surface area contributed by atoms with Crippen LogP contribution in [-0.2, 0) is 0 Å². The number of furan rings is 1. The Bertz CT molecular complexity index is 823. The van der Waals surface area contributed by atoms with E-state index in [2.05, 4.69) is 5.10 Å². The van der Waals surface area contributed by atoms with Crippen molar-refractivity contribution in [2.24, 2.45) is 0 Å². The maximum Gasteiger partial charge on any atom is 0.155 e. The maximum atomic E-state index is 13.5. The van der Waals surface area contributed by atoms with Crippen LogP contribution < -0.4 is 0 Å². The van der Waals surface area contributed by atoms with Crippen molar-refractivity contribution in [2.45, 2.75) is 6.92 Å². The molecular weight excluding hydrogens is 295 g/mol. The van der Waals surface area contributed by atoms with Gasteiger partial charge in [-0.05, 0) is 31.2 Å². The zero-order chi connectivity index (χ0) is 15.0. The van der Waals surface area contributed by atoms with E-state index >= 15 is 0 Å². The molecule has 0 aliphatic rings. The summed E-state index contributed by atoms with van der Waals surface area (Å²) in [5.74, 6) is 0.657. The summed E-state index contributed by atoms with van der Waals surface area (Å²) in [6, 6.07) is 7.82. The smallest absolute Gasteiger partial charge is 0.155 e. The number of aryl methyl sites for hydroxylation is 1. The lowest BCUT2D eigenvalue weighted by Crippen LogP contribution is -1.95. The lowest BCUT2D eigenvalue weighted by atomic mass is 10.2. The summed E-state index contributed by atoms with van der Waals surface area (Å²) in [4.78, 5) is 11.2. The molecule has 4 nitrogen and oxygen atoms in total. The van der Waals surface area contributed by atoms with E-state index in [1.165, 1.54) is 23.0 Å². The molecule has 0 aliphatic carbocycles. The molecule has 0 atom stereocenters. The Balaban J connectivity index is 2.10. The number of nitrogens with zero attached hydrogens (tertiary/aromatic N) is 2. The first kappa shape index (κ1) is 13.6. The van der Waals surface area contributed by atoms with Gasteiger partial charge < -0.3 is 4.42 Å². The Morgan fingerprint density at radius 2 is 2.14 bits per heavy atom. The molecule has 21 heavy (non-hydrogen) atoms. The van der Waals surface area contributed by atoms with Crippen LogP contribution in [0, 0.1) is 12.7 Å². The summed E-state index contributed by atoms with van der Waals surface area (Å²) in [5, 5.41) is 4.32. The normalized spacial score (nSPS) is 10.8. The predicted octanol–water partition coefficient (Wildman–Crippen LogP) is 4.05. The van der Waals surface area contributed by atoms with E-state index in [0.717, 1.165) is 0 Å². The van der Waals surface area contributed by atoms with E-state index in [-0.39, 0.29) is 5.02 Å².